The first-order valence-electron chi connectivity index (χ1n) is 6.85. The van der Waals surface area contributed by atoms with E-state index < -0.39 is 21.8 Å². The number of sulfone groups is 1. The topological polar surface area (TPSA) is 74.7 Å². The molecule has 0 radical (unpaired) electrons. The predicted molar refractivity (Wildman–Crippen MR) is 83.0 cm³/mol. The maximum atomic E-state index is 12.3. The van der Waals surface area contributed by atoms with Crippen LogP contribution in [0.1, 0.15) is 19.3 Å². The van der Waals surface area contributed by atoms with E-state index in [1.807, 2.05) is 0 Å². The lowest BCUT2D eigenvalue weighted by Crippen LogP contribution is -2.46. The van der Waals surface area contributed by atoms with E-state index in [9.17, 15) is 18.3 Å². The Morgan fingerprint density at radius 2 is 2.14 bits per heavy atom. The van der Waals surface area contributed by atoms with E-state index in [0.717, 1.165) is 12.8 Å². The lowest BCUT2D eigenvalue weighted by Gasteiger charge is -2.32. The first kappa shape index (κ1) is 16.5. The average Bonchev–Trinajstić information content (AvgIpc) is 2.45. The van der Waals surface area contributed by atoms with Crippen LogP contribution in [-0.2, 0) is 14.6 Å². The first-order chi connectivity index (χ1) is 9.90. The Hall–Kier alpha value is -0.920. The van der Waals surface area contributed by atoms with E-state index in [2.05, 4.69) is 15.9 Å². The molecule has 0 bridgehead atoms. The van der Waals surface area contributed by atoms with E-state index in [0.29, 0.717) is 17.4 Å². The number of hydrogen-bond donors (Lipinski definition) is 1. The number of piperidine rings is 1. The van der Waals surface area contributed by atoms with E-state index in [1.54, 1.807) is 29.2 Å². The highest BCUT2D eigenvalue weighted by molar-refractivity contribution is 9.10. The second-order valence-electron chi connectivity index (χ2n) is 5.16. The molecule has 1 saturated heterocycles. The van der Waals surface area contributed by atoms with Crippen molar-refractivity contribution in [3.05, 3.63) is 28.7 Å². The summed E-state index contributed by atoms with van der Waals surface area (Å²) in [6.07, 6.45) is 2.39. The molecular formula is C14H18BrNO4S. The summed E-state index contributed by atoms with van der Waals surface area (Å²) < 4.78 is 25.3. The number of carboxylic acid groups (broad SMARTS) is 1. The molecule has 1 fully saturated rings. The molecule has 116 valence electrons. The molecule has 1 aliphatic heterocycles. The van der Waals surface area contributed by atoms with Gasteiger partial charge in [0.2, 0.25) is 0 Å². The van der Waals surface area contributed by atoms with Gasteiger partial charge in [0.25, 0.3) is 0 Å². The molecule has 1 unspecified atom stereocenters. The van der Waals surface area contributed by atoms with Gasteiger partial charge in [-0.05, 0) is 37.6 Å². The number of nitrogens with zero attached hydrogens (tertiary/aromatic N) is 1. The van der Waals surface area contributed by atoms with E-state index in [1.165, 1.54) is 0 Å². The second-order valence-corrected chi connectivity index (χ2v) is 8.19. The lowest BCUT2D eigenvalue weighted by atomic mass is 10.0. The lowest BCUT2D eigenvalue weighted by molar-refractivity contribution is -0.144. The Kier molecular flexibility index (Phi) is 5.40. The molecule has 0 amide bonds. The quantitative estimate of drug-likeness (QED) is 0.853. The Morgan fingerprint density at radius 3 is 2.81 bits per heavy atom. The Balaban J connectivity index is 2.05. The van der Waals surface area contributed by atoms with Crippen LogP contribution in [-0.4, -0.2) is 49.3 Å². The monoisotopic (exact) mass is 375 g/mol. The van der Waals surface area contributed by atoms with Crippen molar-refractivity contribution in [1.82, 2.24) is 4.90 Å². The molecule has 1 aromatic rings. The van der Waals surface area contributed by atoms with Crippen LogP contribution in [0.25, 0.3) is 0 Å². The molecule has 0 aliphatic carbocycles. The Bertz CT molecular complexity index is 617. The molecule has 2 rings (SSSR count). The number of benzene rings is 1. The molecule has 0 saturated carbocycles. The van der Waals surface area contributed by atoms with Gasteiger partial charge in [0.05, 0.1) is 10.6 Å². The van der Waals surface area contributed by atoms with Crippen LogP contribution in [0.15, 0.2) is 33.6 Å². The third-order valence-electron chi connectivity index (χ3n) is 3.70. The molecule has 1 atom stereocenters. The fraction of sp³-hybridized carbons (Fsp3) is 0.500. The summed E-state index contributed by atoms with van der Waals surface area (Å²) in [5.74, 6) is -0.928. The molecule has 1 aromatic carbocycles. The van der Waals surface area contributed by atoms with Gasteiger partial charge in [-0.25, -0.2) is 8.42 Å². The fourth-order valence-electron chi connectivity index (χ4n) is 2.55. The molecule has 7 heteroatoms. The zero-order chi connectivity index (χ0) is 15.5. The first-order valence-corrected chi connectivity index (χ1v) is 9.30. The summed E-state index contributed by atoms with van der Waals surface area (Å²) in [4.78, 5) is 13.2. The van der Waals surface area contributed by atoms with Crippen molar-refractivity contribution < 1.29 is 18.3 Å². The van der Waals surface area contributed by atoms with Crippen LogP contribution in [0.4, 0.5) is 0 Å². The summed E-state index contributed by atoms with van der Waals surface area (Å²) in [6, 6.07) is 6.02. The minimum Gasteiger partial charge on any atom is -0.480 e. The van der Waals surface area contributed by atoms with Gasteiger partial charge in [-0.15, -0.1) is 0 Å². The maximum absolute atomic E-state index is 12.3. The summed E-state index contributed by atoms with van der Waals surface area (Å²) in [7, 11) is -3.40. The maximum Gasteiger partial charge on any atom is 0.320 e. The molecule has 1 aliphatic rings. The second kappa shape index (κ2) is 6.89. The molecule has 1 N–H and O–H groups in total. The van der Waals surface area contributed by atoms with Crippen molar-refractivity contribution in [1.29, 1.82) is 0 Å². The summed E-state index contributed by atoms with van der Waals surface area (Å²) in [6.45, 7) is 0.900. The van der Waals surface area contributed by atoms with Gasteiger partial charge < -0.3 is 5.11 Å². The van der Waals surface area contributed by atoms with Crippen molar-refractivity contribution in [2.24, 2.45) is 0 Å². The van der Waals surface area contributed by atoms with Gasteiger partial charge >= 0.3 is 5.97 Å². The van der Waals surface area contributed by atoms with E-state index in [-0.39, 0.29) is 17.2 Å². The number of carboxylic acids is 1. The van der Waals surface area contributed by atoms with Gasteiger partial charge in [-0.3, -0.25) is 9.69 Å². The average molecular weight is 376 g/mol. The Morgan fingerprint density at radius 1 is 1.38 bits per heavy atom. The van der Waals surface area contributed by atoms with Crippen LogP contribution in [0.3, 0.4) is 0 Å². The van der Waals surface area contributed by atoms with Crippen LogP contribution in [0, 0.1) is 0 Å². The standard InChI is InChI=1S/C14H18BrNO4S/c15-11-4-3-5-12(10-11)21(19,20)9-8-16-7-2-1-6-13(16)14(17)18/h3-5,10,13H,1-2,6-9H2,(H,17,18). The van der Waals surface area contributed by atoms with E-state index in [4.69, 9.17) is 0 Å². The molecule has 0 spiro atoms. The van der Waals surface area contributed by atoms with Gasteiger partial charge in [-0.1, -0.05) is 28.4 Å². The zero-order valence-corrected chi connectivity index (χ0v) is 13.9. The van der Waals surface area contributed by atoms with Crippen LogP contribution in [0.2, 0.25) is 0 Å². The van der Waals surface area contributed by atoms with Gasteiger partial charge in [0.15, 0.2) is 9.84 Å². The number of rotatable bonds is 5. The fourth-order valence-corrected chi connectivity index (χ4v) is 4.41. The van der Waals surface area contributed by atoms with Crippen LogP contribution >= 0.6 is 15.9 Å². The highest BCUT2D eigenvalue weighted by atomic mass is 79.9. The van der Waals surface area contributed by atoms with Gasteiger partial charge in [0, 0.05) is 11.0 Å². The Labute approximate surface area is 133 Å². The number of aliphatic carboxylic acids is 1. The zero-order valence-electron chi connectivity index (χ0n) is 11.5. The summed E-state index contributed by atoms with van der Waals surface area (Å²) >= 11 is 3.26. The molecule has 21 heavy (non-hydrogen) atoms. The minimum atomic E-state index is -3.40. The van der Waals surface area contributed by atoms with Crippen molar-refractivity contribution >= 4 is 31.7 Å². The SMILES string of the molecule is O=C(O)C1CCCCN1CCS(=O)(=O)c1cccc(Br)c1. The number of hydrogen-bond acceptors (Lipinski definition) is 4. The van der Waals surface area contributed by atoms with Crippen LogP contribution < -0.4 is 0 Å². The smallest absolute Gasteiger partial charge is 0.320 e. The highest BCUT2D eigenvalue weighted by Gasteiger charge is 2.29. The van der Waals surface area contributed by atoms with Gasteiger partial charge in [0.1, 0.15) is 6.04 Å². The highest BCUT2D eigenvalue weighted by Crippen LogP contribution is 2.20. The van der Waals surface area contributed by atoms with Crippen molar-refractivity contribution in [2.45, 2.75) is 30.2 Å². The number of likely N-dealkylation sites (tertiary alicyclic amines) is 1. The minimum absolute atomic E-state index is 0.0623. The summed E-state index contributed by atoms with van der Waals surface area (Å²) in [5.41, 5.74) is 0. The van der Waals surface area contributed by atoms with Crippen molar-refractivity contribution in [2.75, 3.05) is 18.8 Å². The molecule has 0 aromatic heterocycles. The van der Waals surface area contributed by atoms with Crippen molar-refractivity contribution in [3.8, 4) is 0 Å². The largest absolute Gasteiger partial charge is 0.480 e. The molecule has 1 heterocycles. The normalized spacial score (nSPS) is 20.3. The predicted octanol–water partition coefficient (Wildman–Crippen LogP) is 2.16. The van der Waals surface area contributed by atoms with Gasteiger partial charge in [-0.2, -0.15) is 0 Å². The number of carbonyl (C=O) groups is 1. The molecule has 5 nitrogen and oxygen atoms in total. The number of halogens is 1. The summed E-state index contributed by atoms with van der Waals surface area (Å²) in [5, 5.41) is 9.19. The van der Waals surface area contributed by atoms with Crippen molar-refractivity contribution in [3.63, 3.8) is 0 Å². The third-order valence-corrected chi connectivity index (χ3v) is 5.89. The van der Waals surface area contributed by atoms with Crippen LogP contribution in [0.5, 0.6) is 0 Å². The molecular weight excluding hydrogens is 358 g/mol. The van der Waals surface area contributed by atoms with E-state index >= 15 is 0 Å². The third kappa shape index (κ3) is 4.28.